The first-order valence-electron chi connectivity index (χ1n) is 6.61. The van der Waals surface area contributed by atoms with Gasteiger partial charge in [0.05, 0.1) is 6.61 Å². The molecule has 0 amide bonds. The molecule has 0 spiro atoms. The molecule has 1 heterocycles. The average Bonchev–Trinajstić information content (AvgIpc) is 3.14. The van der Waals surface area contributed by atoms with Gasteiger partial charge in [-0.05, 0) is 37.4 Å². The maximum Gasteiger partial charge on any atom is 0.213 e. The van der Waals surface area contributed by atoms with E-state index in [1.807, 2.05) is 18.3 Å². The van der Waals surface area contributed by atoms with E-state index in [2.05, 4.69) is 24.1 Å². The lowest BCUT2D eigenvalue weighted by atomic mass is 10.1. The van der Waals surface area contributed by atoms with Crippen LogP contribution in [0.15, 0.2) is 18.3 Å². The zero-order chi connectivity index (χ0) is 12.1. The number of hydrogen-bond acceptors (Lipinski definition) is 3. The summed E-state index contributed by atoms with van der Waals surface area (Å²) >= 11 is 0. The van der Waals surface area contributed by atoms with Gasteiger partial charge in [0.15, 0.2) is 0 Å². The van der Waals surface area contributed by atoms with Gasteiger partial charge in [0.25, 0.3) is 0 Å². The highest BCUT2D eigenvalue weighted by atomic mass is 16.5. The van der Waals surface area contributed by atoms with Crippen molar-refractivity contribution in [2.45, 2.75) is 39.2 Å². The Morgan fingerprint density at radius 2 is 2.35 bits per heavy atom. The minimum Gasteiger partial charge on any atom is -0.478 e. The van der Waals surface area contributed by atoms with Crippen LogP contribution in [0.5, 0.6) is 5.88 Å². The van der Waals surface area contributed by atoms with Crippen LogP contribution in [-0.4, -0.2) is 18.1 Å². The van der Waals surface area contributed by atoms with Crippen molar-refractivity contribution in [2.24, 2.45) is 5.92 Å². The van der Waals surface area contributed by atoms with Gasteiger partial charge in [0.2, 0.25) is 5.88 Å². The van der Waals surface area contributed by atoms with Crippen LogP contribution in [0.1, 0.15) is 44.7 Å². The summed E-state index contributed by atoms with van der Waals surface area (Å²) in [5.74, 6) is 1.67. The fraction of sp³-hybridized carbons (Fsp3) is 0.643. The summed E-state index contributed by atoms with van der Waals surface area (Å²) in [6.07, 6.45) is 5.77. The summed E-state index contributed by atoms with van der Waals surface area (Å²) in [6.45, 7) is 6.05. The van der Waals surface area contributed by atoms with Gasteiger partial charge in [0, 0.05) is 18.3 Å². The molecular weight excluding hydrogens is 212 g/mol. The van der Waals surface area contributed by atoms with E-state index in [-0.39, 0.29) is 0 Å². The SMILES string of the molecule is CCNC(C)c1ccnc(OCCC2CC2)c1. The molecule has 17 heavy (non-hydrogen) atoms. The number of nitrogens with zero attached hydrogens (tertiary/aromatic N) is 1. The quantitative estimate of drug-likeness (QED) is 0.787. The molecule has 0 bridgehead atoms. The predicted octanol–water partition coefficient (Wildman–Crippen LogP) is 2.93. The lowest BCUT2D eigenvalue weighted by molar-refractivity contribution is 0.290. The molecule has 1 fully saturated rings. The minimum atomic E-state index is 0.355. The summed E-state index contributed by atoms with van der Waals surface area (Å²) < 4.78 is 5.69. The molecule has 1 aromatic heterocycles. The second-order valence-electron chi connectivity index (χ2n) is 4.79. The Morgan fingerprint density at radius 3 is 3.06 bits per heavy atom. The molecule has 2 rings (SSSR count). The third-order valence-corrected chi connectivity index (χ3v) is 3.24. The van der Waals surface area contributed by atoms with Crippen molar-refractivity contribution in [1.29, 1.82) is 0 Å². The fourth-order valence-electron chi connectivity index (χ4n) is 1.93. The third kappa shape index (κ3) is 4.00. The number of pyridine rings is 1. The van der Waals surface area contributed by atoms with Crippen LogP contribution in [-0.2, 0) is 0 Å². The van der Waals surface area contributed by atoms with Crippen LogP contribution in [0, 0.1) is 5.92 Å². The molecule has 1 saturated carbocycles. The first-order chi connectivity index (χ1) is 8.29. The summed E-state index contributed by atoms with van der Waals surface area (Å²) in [4.78, 5) is 4.25. The molecule has 0 radical (unpaired) electrons. The molecular formula is C14H22N2O. The maximum absolute atomic E-state index is 5.69. The van der Waals surface area contributed by atoms with E-state index in [0.29, 0.717) is 6.04 Å². The molecule has 1 unspecified atom stereocenters. The van der Waals surface area contributed by atoms with E-state index in [4.69, 9.17) is 4.74 Å². The van der Waals surface area contributed by atoms with Crippen LogP contribution in [0.4, 0.5) is 0 Å². The Hall–Kier alpha value is -1.09. The summed E-state index contributed by atoms with van der Waals surface area (Å²) in [5.41, 5.74) is 1.24. The van der Waals surface area contributed by atoms with Crippen LogP contribution in [0.25, 0.3) is 0 Å². The van der Waals surface area contributed by atoms with E-state index in [1.165, 1.54) is 24.8 Å². The molecule has 1 aliphatic carbocycles. The maximum atomic E-state index is 5.69. The molecule has 0 saturated heterocycles. The van der Waals surface area contributed by atoms with E-state index < -0.39 is 0 Å². The lowest BCUT2D eigenvalue weighted by Crippen LogP contribution is -2.17. The highest BCUT2D eigenvalue weighted by Crippen LogP contribution is 2.32. The van der Waals surface area contributed by atoms with Gasteiger partial charge < -0.3 is 10.1 Å². The largest absolute Gasteiger partial charge is 0.478 e. The number of aromatic nitrogens is 1. The van der Waals surface area contributed by atoms with Crippen molar-refractivity contribution in [2.75, 3.05) is 13.2 Å². The second-order valence-corrected chi connectivity index (χ2v) is 4.79. The van der Waals surface area contributed by atoms with Gasteiger partial charge >= 0.3 is 0 Å². The zero-order valence-corrected chi connectivity index (χ0v) is 10.8. The monoisotopic (exact) mass is 234 g/mol. The molecule has 0 aliphatic heterocycles. The summed E-state index contributed by atoms with van der Waals surface area (Å²) in [5, 5.41) is 3.39. The van der Waals surface area contributed by atoms with Crippen molar-refractivity contribution in [3.05, 3.63) is 23.9 Å². The van der Waals surface area contributed by atoms with Crippen molar-refractivity contribution in [3.63, 3.8) is 0 Å². The zero-order valence-electron chi connectivity index (χ0n) is 10.8. The normalized spacial score (nSPS) is 16.8. The third-order valence-electron chi connectivity index (χ3n) is 3.24. The topological polar surface area (TPSA) is 34.2 Å². The number of ether oxygens (including phenoxy) is 1. The molecule has 1 aromatic rings. The Morgan fingerprint density at radius 1 is 1.53 bits per heavy atom. The molecule has 94 valence electrons. The van der Waals surface area contributed by atoms with Gasteiger partial charge in [0.1, 0.15) is 0 Å². The highest BCUT2D eigenvalue weighted by Gasteiger charge is 2.20. The van der Waals surface area contributed by atoms with Gasteiger partial charge in [-0.15, -0.1) is 0 Å². The first kappa shape index (κ1) is 12.4. The fourth-order valence-corrected chi connectivity index (χ4v) is 1.93. The van der Waals surface area contributed by atoms with E-state index in [0.717, 1.165) is 24.9 Å². The number of rotatable bonds is 7. The Kier molecular flexibility index (Phi) is 4.37. The van der Waals surface area contributed by atoms with E-state index in [1.54, 1.807) is 0 Å². The van der Waals surface area contributed by atoms with Gasteiger partial charge in [-0.3, -0.25) is 0 Å². The lowest BCUT2D eigenvalue weighted by Gasteiger charge is -2.13. The smallest absolute Gasteiger partial charge is 0.213 e. The van der Waals surface area contributed by atoms with Crippen molar-refractivity contribution < 1.29 is 4.74 Å². The molecule has 3 heteroatoms. The predicted molar refractivity (Wildman–Crippen MR) is 69.2 cm³/mol. The summed E-state index contributed by atoms with van der Waals surface area (Å²) in [7, 11) is 0. The Labute approximate surface area is 104 Å². The van der Waals surface area contributed by atoms with Crippen LogP contribution in [0.3, 0.4) is 0 Å². The average molecular weight is 234 g/mol. The first-order valence-corrected chi connectivity index (χ1v) is 6.61. The van der Waals surface area contributed by atoms with Gasteiger partial charge in [-0.25, -0.2) is 4.98 Å². The molecule has 1 aliphatic rings. The summed E-state index contributed by atoms with van der Waals surface area (Å²) in [6, 6.07) is 4.44. The Balaban J connectivity index is 1.85. The molecule has 1 atom stereocenters. The van der Waals surface area contributed by atoms with E-state index in [9.17, 15) is 0 Å². The van der Waals surface area contributed by atoms with Crippen molar-refractivity contribution in [3.8, 4) is 5.88 Å². The number of hydrogen-bond donors (Lipinski definition) is 1. The van der Waals surface area contributed by atoms with Gasteiger partial charge in [-0.2, -0.15) is 0 Å². The molecule has 1 N–H and O–H groups in total. The molecule has 0 aromatic carbocycles. The van der Waals surface area contributed by atoms with Crippen LogP contribution >= 0.6 is 0 Å². The number of nitrogens with one attached hydrogen (secondary N) is 1. The van der Waals surface area contributed by atoms with Crippen molar-refractivity contribution >= 4 is 0 Å². The Bertz CT molecular complexity index is 350. The van der Waals surface area contributed by atoms with Crippen LogP contribution < -0.4 is 10.1 Å². The minimum absolute atomic E-state index is 0.355. The standard InChI is InChI=1S/C14H22N2O/c1-3-15-11(2)13-6-8-16-14(10-13)17-9-7-12-4-5-12/h6,8,10-12,15H,3-5,7,9H2,1-2H3. The molecule has 3 nitrogen and oxygen atoms in total. The van der Waals surface area contributed by atoms with E-state index >= 15 is 0 Å². The second kappa shape index (κ2) is 6.01. The van der Waals surface area contributed by atoms with Crippen LogP contribution in [0.2, 0.25) is 0 Å². The van der Waals surface area contributed by atoms with Crippen molar-refractivity contribution in [1.82, 2.24) is 10.3 Å². The van der Waals surface area contributed by atoms with Gasteiger partial charge in [-0.1, -0.05) is 19.8 Å². The highest BCUT2D eigenvalue weighted by molar-refractivity contribution is 5.23.